The Balaban J connectivity index is 1.45. The summed E-state index contributed by atoms with van der Waals surface area (Å²) in [7, 11) is 0. The predicted molar refractivity (Wildman–Crippen MR) is 120 cm³/mol. The lowest BCUT2D eigenvalue weighted by Gasteiger charge is -2.04. The lowest BCUT2D eigenvalue weighted by molar-refractivity contribution is -0.115. The molecule has 0 atom stereocenters. The number of amidine groups is 1. The minimum Gasteiger partial charge on any atom is -0.423 e. The number of amides is 1. The number of hydrogen-bond acceptors (Lipinski definition) is 5. The molecule has 0 spiro atoms. The van der Waals surface area contributed by atoms with Crippen LogP contribution in [0.15, 0.2) is 88.8 Å². The minimum atomic E-state index is -0.423. The lowest BCUT2D eigenvalue weighted by atomic mass is 10.2. The van der Waals surface area contributed by atoms with E-state index in [1.807, 2.05) is 18.2 Å². The Morgan fingerprint density at radius 3 is 2.40 bits per heavy atom. The quantitative estimate of drug-likeness (QED) is 0.337. The molecule has 4 rings (SSSR count). The number of benzene rings is 3. The van der Waals surface area contributed by atoms with E-state index in [4.69, 9.17) is 16.3 Å². The Hall–Kier alpha value is -3.35. The van der Waals surface area contributed by atoms with Crippen LogP contribution in [0.5, 0.6) is 5.75 Å². The number of ether oxygens (including phenoxy) is 1. The lowest BCUT2D eigenvalue weighted by Crippen LogP contribution is -2.19. The molecule has 0 unspecified atom stereocenters. The molecule has 0 aromatic heterocycles. The van der Waals surface area contributed by atoms with E-state index in [0.29, 0.717) is 32.1 Å². The van der Waals surface area contributed by atoms with Crippen LogP contribution in [0.1, 0.15) is 15.9 Å². The summed E-state index contributed by atoms with van der Waals surface area (Å²) < 4.78 is 5.37. The zero-order valence-electron chi connectivity index (χ0n) is 15.5. The molecule has 1 N–H and O–H groups in total. The van der Waals surface area contributed by atoms with E-state index in [1.54, 1.807) is 66.7 Å². The van der Waals surface area contributed by atoms with Crippen molar-refractivity contribution in [3.05, 3.63) is 99.9 Å². The second-order valence-electron chi connectivity index (χ2n) is 6.26. The molecule has 3 aromatic rings. The maximum Gasteiger partial charge on any atom is 0.343 e. The molecule has 5 nitrogen and oxygen atoms in total. The average molecular weight is 435 g/mol. The highest BCUT2D eigenvalue weighted by molar-refractivity contribution is 8.18. The molecule has 0 aliphatic carbocycles. The van der Waals surface area contributed by atoms with E-state index in [0.717, 1.165) is 5.56 Å². The van der Waals surface area contributed by atoms with Crippen LogP contribution in [0.2, 0.25) is 5.02 Å². The maximum atomic E-state index is 12.3. The molecule has 30 heavy (non-hydrogen) atoms. The summed E-state index contributed by atoms with van der Waals surface area (Å²) in [6.07, 6.45) is 1.75. The van der Waals surface area contributed by atoms with Crippen molar-refractivity contribution < 1.29 is 14.3 Å². The smallest absolute Gasteiger partial charge is 0.343 e. The number of nitrogens with zero attached hydrogens (tertiary/aromatic N) is 1. The SMILES string of the molecule is O=C1NC(=Nc2ccccc2Cl)S/C1=C/c1ccc(OC(=O)c2ccccc2)cc1. The van der Waals surface area contributed by atoms with Crippen molar-refractivity contribution in [1.29, 1.82) is 0 Å². The summed E-state index contributed by atoms with van der Waals surface area (Å²) in [5.74, 6) is -0.228. The molecule has 0 saturated carbocycles. The molecule has 3 aromatic carbocycles. The maximum absolute atomic E-state index is 12.3. The van der Waals surface area contributed by atoms with E-state index >= 15 is 0 Å². The van der Waals surface area contributed by atoms with Gasteiger partial charge in [-0.3, -0.25) is 4.79 Å². The molecule has 1 heterocycles. The van der Waals surface area contributed by atoms with Crippen LogP contribution in [0.25, 0.3) is 6.08 Å². The van der Waals surface area contributed by atoms with E-state index < -0.39 is 5.97 Å². The van der Waals surface area contributed by atoms with Gasteiger partial charge < -0.3 is 10.1 Å². The number of carbonyl (C=O) groups is 2. The van der Waals surface area contributed by atoms with Gasteiger partial charge in [-0.25, -0.2) is 9.79 Å². The second kappa shape index (κ2) is 8.98. The summed E-state index contributed by atoms with van der Waals surface area (Å²) in [5, 5.41) is 3.71. The van der Waals surface area contributed by atoms with Crippen LogP contribution in [-0.4, -0.2) is 17.0 Å². The van der Waals surface area contributed by atoms with E-state index in [-0.39, 0.29) is 5.91 Å². The predicted octanol–water partition coefficient (Wildman–Crippen LogP) is 5.45. The second-order valence-corrected chi connectivity index (χ2v) is 7.70. The van der Waals surface area contributed by atoms with Crippen LogP contribution in [0.3, 0.4) is 0 Å². The van der Waals surface area contributed by atoms with E-state index in [1.165, 1.54) is 11.8 Å². The Labute approximate surface area is 182 Å². The molecule has 0 radical (unpaired) electrons. The Kier molecular flexibility index (Phi) is 5.97. The molecule has 1 aliphatic rings. The first-order chi connectivity index (χ1) is 14.6. The van der Waals surface area contributed by atoms with Gasteiger partial charge in [-0.15, -0.1) is 0 Å². The third-order valence-corrected chi connectivity index (χ3v) is 5.35. The minimum absolute atomic E-state index is 0.231. The van der Waals surface area contributed by atoms with Gasteiger partial charge in [-0.05, 0) is 59.8 Å². The highest BCUT2D eigenvalue weighted by atomic mass is 35.5. The fourth-order valence-corrected chi connectivity index (χ4v) is 3.67. The number of carbonyl (C=O) groups excluding carboxylic acids is 2. The number of halogens is 1. The average Bonchev–Trinajstić information content (AvgIpc) is 3.10. The van der Waals surface area contributed by atoms with Crippen LogP contribution < -0.4 is 10.1 Å². The van der Waals surface area contributed by atoms with Crippen molar-refractivity contribution >= 4 is 52.2 Å². The number of para-hydroxylation sites is 1. The highest BCUT2D eigenvalue weighted by Gasteiger charge is 2.24. The Bertz CT molecular complexity index is 1160. The zero-order valence-corrected chi connectivity index (χ0v) is 17.1. The van der Waals surface area contributed by atoms with Crippen LogP contribution in [-0.2, 0) is 4.79 Å². The molecule has 1 fully saturated rings. The normalized spacial score (nSPS) is 16.0. The number of aliphatic imine (C=N–C) groups is 1. The molecule has 7 heteroatoms. The van der Waals surface area contributed by atoms with Gasteiger partial charge >= 0.3 is 5.97 Å². The molecule has 1 amide bonds. The number of hydrogen-bond donors (Lipinski definition) is 1. The van der Waals surface area contributed by atoms with Gasteiger partial charge in [-0.1, -0.05) is 54.1 Å². The Morgan fingerprint density at radius 2 is 1.67 bits per heavy atom. The first kappa shape index (κ1) is 19.9. The van der Waals surface area contributed by atoms with E-state index in [9.17, 15) is 9.59 Å². The van der Waals surface area contributed by atoms with Gasteiger partial charge in [0.05, 0.1) is 21.2 Å². The molecule has 1 saturated heterocycles. The monoisotopic (exact) mass is 434 g/mol. The molecule has 0 bridgehead atoms. The van der Waals surface area contributed by atoms with Gasteiger partial charge in [0.15, 0.2) is 5.17 Å². The van der Waals surface area contributed by atoms with E-state index in [2.05, 4.69) is 10.3 Å². The fraction of sp³-hybridized carbons (Fsp3) is 0. The topological polar surface area (TPSA) is 67.8 Å². The van der Waals surface area contributed by atoms with Gasteiger partial charge in [0.2, 0.25) is 0 Å². The van der Waals surface area contributed by atoms with Gasteiger partial charge in [0.1, 0.15) is 5.75 Å². The summed E-state index contributed by atoms with van der Waals surface area (Å²) >= 11 is 7.35. The van der Waals surface area contributed by atoms with Gasteiger partial charge in [0.25, 0.3) is 5.91 Å². The summed E-state index contributed by atoms with van der Waals surface area (Å²) in [6.45, 7) is 0. The summed E-state index contributed by atoms with van der Waals surface area (Å²) in [4.78, 5) is 29.3. The fourth-order valence-electron chi connectivity index (χ4n) is 2.66. The first-order valence-corrected chi connectivity index (χ1v) is 10.2. The first-order valence-electron chi connectivity index (χ1n) is 9.00. The van der Waals surface area contributed by atoms with Crippen LogP contribution in [0.4, 0.5) is 5.69 Å². The number of thioether (sulfide) groups is 1. The largest absolute Gasteiger partial charge is 0.423 e. The number of rotatable bonds is 4. The molecular weight excluding hydrogens is 420 g/mol. The van der Waals surface area contributed by atoms with Crippen molar-refractivity contribution in [3.8, 4) is 5.75 Å². The van der Waals surface area contributed by atoms with Crippen molar-refractivity contribution in [3.63, 3.8) is 0 Å². The third kappa shape index (κ3) is 4.79. The Morgan fingerprint density at radius 1 is 0.967 bits per heavy atom. The summed E-state index contributed by atoms with van der Waals surface area (Å²) in [6, 6.07) is 22.9. The van der Waals surface area contributed by atoms with Gasteiger partial charge in [-0.2, -0.15) is 0 Å². The zero-order chi connectivity index (χ0) is 20.9. The summed E-state index contributed by atoms with van der Waals surface area (Å²) in [5.41, 5.74) is 1.87. The molecular formula is C23H15ClN2O3S. The third-order valence-electron chi connectivity index (χ3n) is 4.12. The van der Waals surface area contributed by atoms with Crippen LogP contribution >= 0.6 is 23.4 Å². The van der Waals surface area contributed by atoms with Crippen molar-refractivity contribution in [1.82, 2.24) is 5.32 Å². The molecule has 148 valence electrons. The standard InChI is InChI=1S/C23H15ClN2O3S/c24-18-8-4-5-9-19(18)25-23-26-21(27)20(30-23)14-15-10-12-17(13-11-15)29-22(28)16-6-2-1-3-7-16/h1-14H,(H,25,26,27)/b20-14+. The molecule has 1 aliphatic heterocycles. The van der Waals surface area contributed by atoms with Gasteiger partial charge in [0, 0.05) is 0 Å². The van der Waals surface area contributed by atoms with Crippen LogP contribution in [0, 0.1) is 0 Å². The van der Waals surface area contributed by atoms with Crippen molar-refractivity contribution in [2.75, 3.05) is 0 Å². The highest BCUT2D eigenvalue weighted by Crippen LogP contribution is 2.31. The number of nitrogens with one attached hydrogen (secondary N) is 1. The van der Waals surface area contributed by atoms with Crippen molar-refractivity contribution in [2.24, 2.45) is 4.99 Å². The number of esters is 1. The van der Waals surface area contributed by atoms with Crippen molar-refractivity contribution in [2.45, 2.75) is 0 Å².